The van der Waals surface area contributed by atoms with Crippen LogP contribution in [0.4, 0.5) is 0 Å². The Morgan fingerprint density at radius 2 is 1.95 bits per heavy atom. The molecule has 0 aliphatic carbocycles. The van der Waals surface area contributed by atoms with Gasteiger partial charge >= 0.3 is 0 Å². The van der Waals surface area contributed by atoms with Crippen LogP contribution in [0.1, 0.15) is 18.3 Å². The molecule has 1 aromatic carbocycles. The van der Waals surface area contributed by atoms with Gasteiger partial charge in [-0.15, -0.1) is 0 Å². The summed E-state index contributed by atoms with van der Waals surface area (Å²) in [5.41, 5.74) is 2.67. The minimum atomic E-state index is 0.594. The number of nitrogens with one attached hydrogen (secondary N) is 1. The molecule has 0 unspecified atom stereocenters. The maximum absolute atomic E-state index is 5.39. The van der Waals surface area contributed by atoms with Crippen molar-refractivity contribution in [1.82, 2.24) is 15.0 Å². The maximum atomic E-state index is 5.39. The molecule has 2 heterocycles. The van der Waals surface area contributed by atoms with Crippen LogP contribution in [0.2, 0.25) is 0 Å². The molecule has 1 N–H and O–H groups in total. The standard InChI is InChI=1S/C16H17N3O2/c1-3-21-15-9-8-12-16(19-15)18-14(17-12)10-11-6-4-5-7-13(11)20-2/h4-9H,3,10H2,1-2H3,(H,17,18,19). The van der Waals surface area contributed by atoms with E-state index < -0.39 is 0 Å². The van der Waals surface area contributed by atoms with Crippen LogP contribution in [0.5, 0.6) is 11.6 Å². The lowest BCUT2D eigenvalue weighted by atomic mass is 10.1. The molecular formula is C16H17N3O2. The highest BCUT2D eigenvalue weighted by atomic mass is 16.5. The summed E-state index contributed by atoms with van der Waals surface area (Å²) in [5.74, 6) is 2.32. The van der Waals surface area contributed by atoms with E-state index >= 15 is 0 Å². The first-order chi connectivity index (χ1) is 10.3. The number of aromatic amines is 1. The topological polar surface area (TPSA) is 60.0 Å². The van der Waals surface area contributed by atoms with E-state index in [0.717, 1.165) is 22.7 Å². The molecule has 0 aliphatic heterocycles. The van der Waals surface area contributed by atoms with Gasteiger partial charge in [0.2, 0.25) is 5.88 Å². The average molecular weight is 283 g/mol. The zero-order chi connectivity index (χ0) is 14.7. The van der Waals surface area contributed by atoms with E-state index in [4.69, 9.17) is 9.47 Å². The predicted molar refractivity (Wildman–Crippen MR) is 80.9 cm³/mol. The molecule has 0 spiro atoms. The van der Waals surface area contributed by atoms with Crippen molar-refractivity contribution in [3.05, 3.63) is 47.8 Å². The molecule has 0 bridgehead atoms. The fourth-order valence-electron chi connectivity index (χ4n) is 2.27. The average Bonchev–Trinajstić information content (AvgIpc) is 2.89. The van der Waals surface area contributed by atoms with Gasteiger partial charge in [0.15, 0.2) is 5.65 Å². The Hall–Kier alpha value is -2.56. The molecule has 0 amide bonds. The Bertz CT molecular complexity index is 752. The largest absolute Gasteiger partial charge is 0.496 e. The summed E-state index contributed by atoms with van der Waals surface area (Å²) in [7, 11) is 1.67. The van der Waals surface area contributed by atoms with Crippen LogP contribution >= 0.6 is 0 Å². The number of H-pyrrole nitrogens is 1. The van der Waals surface area contributed by atoms with Crippen molar-refractivity contribution in [3.63, 3.8) is 0 Å². The molecule has 0 aliphatic rings. The monoisotopic (exact) mass is 283 g/mol. The molecule has 0 saturated carbocycles. The second kappa shape index (κ2) is 5.83. The quantitative estimate of drug-likeness (QED) is 0.782. The molecule has 21 heavy (non-hydrogen) atoms. The third-order valence-corrected chi connectivity index (χ3v) is 3.21. The minimum Gasteiger partial charge on any atom is -0.496 e. The van der Waals surface area contributed by atoms with Crippen molar-refractivity contribution >= 4 is 11.2 Å². The Kier molecular flexibility index (Phi) is 3.73. The summed E-state index contributed by atoms with van der Waals surface area (Å²) < 4.78 is 10.8. The molecule has 108 valence electrons. The highest BCUT2D eigenvalue weighted by Gasteiger charge is 2.09. The van der Waals surface area contributed by atoms with E-state index in [9.17, 15) is 0 Å². The smallest absolute Gasteiger partial charge is 0.215 e. The van der Waals surface area contributed by atoms with E-state index in [-0.39, 0.29) is 0 Å². The van der Waals surface area contributed by atoms with Crippen LogP contribution in [-0.2, 0) is 6.42 Å². The van der Waals surface area contributed by atoms with E-state index in [1.54, 1.807) is 7.11 Å². The maximum Gasteiger partial charge on any atom is 0.215 e. The number of aromatic nitrogens is 3. The number of para-hydroxylation sites is 1. The molecule has 3 aromatic rings. The third-order valence-electron chi connectivity index (χ3n) is 3.21. The predicted octanol–water partition coefficient (Wildman–Crippen LogP) is 2.96. The lowest BCUT2D eigenvalue weighted by Gasteiger charge is -2.05. The highest BCUT2D eigenvalue weighted by molar-refractivity contribution is 5.71. The lowest BCUT2D eigenvalue weighted by Crippen LogP contribution is -1.95. The van der Waals surface area contributed by atoms with E-state index in [1.165, 1.54) is 0 Å². The summed E-state index contributed by atoms with van der Waals surface area (Å²) >= 11 is 0. The number of methoxy groups -OCH3 is 1. The van der Waals surface area contributed by atoms with Gasteiger partial charge in [-0.2, -0.15) is 4.98 Å². The molecular weight excluding hydrogens is 266 g/mol. The number of fused-ring (bicyclic) bond motifs is 1. The third kappa shape index (κ3) is 2.81. The first kappa shape index (κ1) is 13.4. The number of hydrogen-bond donors (Lipinski definition) is 1. The van der Waals surface area contributed by atoms with Crippen molar-refractivity contribution in [3.8, 4) is 11.6 Å². The van der Waals surface area contributed by atoms with Gasteiger partial charge < -0.3 is 14.5 Å². The number of hydrogen-bond acceptors (Lipinski definition) is 4. The highest BCUT2D eigenvalue weighted by Crippen LogP contribution is 2.21. The summed E-state index contributed by atoms with van der Waals surface area (Å²) in [6, 6.07) is 11.7. The SMILES string of the molecule is CCOc1ccc2[nH]c(Cc3ccccc3OC)nc2n1. The molecule has 3 rings (SSSR count). The zero-order valence-electron chi connectivity index (χ0n) is 12.1. The van der Waals surface area contributed by atoms with E-state index in [1.807, 2.05) is 43.3 Å². The van der Waals surface area contributed by atoms with E-state index in [2.05, 4.69) is 15.0 Å². The molecule has 0 atom stereocenters. The van der Waals surface area contributed by atoms with Gasteiger partial charge in [-0.1, -0.05) is 18.2 Å². The fraction of sp³-hybridized carbons (Fsp3) is 0.250. The van der Waals surface area contributed by atoms with Gasteiger partial charge in [0.25, 0.3) is 0 Å². The van der Waals surface area contributed by atoms with Crippen LogP contribution in [0.3, 0.4) is 0 Å². The van der Waals surface area contributed by atoms with Gasteiger partial charge in [-0.05, 0) is 19.1 Å². The first-order valence-electron chi connectivity index (χ1n) is 6.90. The number of pyridine rings is 1. The van der Waals surface area contributed by atoms with Gasteiger partial charge in [-0.25, -0.2) is 4.98 Å². The van der Waals surface area contributed by atoms with Gasteiger partial charge in [0.05, 0.1) is 19.2 Å². The Labute approximate surface area is 123 Å². The lowest BCUT2D eigenvalue weighted by molar-refractivity contribution is 0.328. The molecule has 0 saturated heterocycles. The van der Waals surface area contributed by atoms with Gasteiger partial charge in [0.1, 0.15) is 11.6 Å². The number of rotatable bonds is 5. The van der Waals surface area contributed by atoms with Crippen LogP contribution in [0.15, 0.2) is 36.4 Å². The molecule has 2 aromatic heterocycles. The summed E-state index contributed by atoms with van der Waals surface area (Å²) in [5, 5.41) is 0. The van der Waals surface area contributed by atoms with Crippen LogP contribution in [0, 0.1) is 0 Å². The molecule has 5 heteroatoms. The number of nitrogens with zero attached hydrogens (tertiary/aromatic N) is 2. The van der Waals surface area contributed by atoms with Gasteiger partial charge in [0, 0.05) is 18.1 Å². The number of benzene rings is 1. The minimum absolute atomic E-state index is 0.594. The fourth-order valence-corrected chi connectivity index (χ4v) is 2.27. The zero-order valence-corrected chi connectivity index (χ0v) is 12.1. The van der Waals surface area contributed by atoms with Crippen molar-refractivity contribution in [2.45, 2.75) is 13.3 Å². The van der Waals surface area contributed by atoms with Gasteiger partial charge in [-0.3, -0.25) is 0 Å². The van der Waals surface area contributed by atoms with Crippen molar-refractivity contribution < 1.29 is 9.47 Å². The molecule has 0 fully saturated rings. The van der Waals surface area contributed by atoms with Crippen molar-refractivity contribution in [1.29, 1.82) is 0 Å². The second-order valence-corrected chi connectivity index (χ2v) is 4.63. The first-order valence-corrected chi connectivity index (χ1v) is 6.90. The summed E-state index contributed by atoms with van der Waals surface area (Å²) in [4.78, 5) is 12.2. The Morgan fingerprint density at radius 1 is 1.10 bits per heavy atom. The van der Waals surface area contributed by atoms with E-state index in [0.29, 0.717) is 24.6 Å². The second-order valence-electron chi connectivity index (χ2n) is 4.63. The van der Waals surface area contributed by atoms with Crippen LogP contribution in [-0.4, -0.2) is 28.7 Å². The molecule has 0 radical (unpaired) electrons. The van der Waals surface area contributed by atoms with Crippen LogP contribution < -0.4 is 9.47 Å². The normalized spacial score (nSPS) is 10.8. The van der Waals surface area contributed by atoms with Crippen molar-refractivity contribution in [2.24, 2.45) is 0 Å². The number of imidazole rings is 1. The van der Waals surface area contributed by atoms with Crippen molar-refractivity contribution in [2.75, 3.05) is 13.7 Å². The van der Waals surface area contributed by atoms with Crippen LogP contribution in [0.25, 0.3) is 11.2 Å². The Balaban J connectivity index is 1.90. The molecule has 5 nitrogen and oxygen atoms in total. The summed E-state index contributed by atoms with van der Waals surface area (Å²) in [6.45, 7) is 2.53. The summed E-state index contributed by atoms with van der Waals surface area (Å²) in [6.07, 6.45) is 0.671. The number of ether oxygens (including phenoxy) is 2. The Morgan fingerprint density at radius 3 is 2.76 bits per heavy atom.